The molecule has 6 heteroatoms. The molecule has 1 rings (SSSR count). The van der Waals surface area contributed by atoms with E-state index in [0.717, 1.165) is 26.2 Å². The zero-order valence-corrected chi connectivity index (χ0v) is 11.3. The topological polar surface area (TPSA) is 81.7 Å². The number of piperazine rings is 1. The Morgan fingerprint density at radius 2 is 1.89 bits per heavy atom. The maximum absolute atomic E-state index is 11.8. The molecule has 1 atom stereocenters. The van der Waals surface area contributed by atoms with Crippen LogP contribution in [0.15, 0.2) is 0 Å². The molecule has 0 radical (unpaired) electrons. The fraction of sp³-hybridized carbons (Fsp3) is 0.833. The first-order chi connectivity index (χ1) is 8.30. The van der Waals surface area contributed by atoms with Crippen molar-refractivity contribution >= 4 is 11.9 Å². The van der Waals surface area contributed by atoms with Gasteiger partial charge in [0.2, 0.25) is 5.91 Å². The minimum absolute atomic E-state index is 0.223. The van der Waals surface area contributed by atoms with Gasteiger partial charge in [-0.05, 0) is 5.41 Å². The van der Waals surface area contributed by atoms with Gasteiger partial charge in [0.1, 0.15) is 6.04 Å². The number of carbonyl (C=O) groups is 2. The molecule has 0 saturated carbocycles. The highest BCUT2D eigenvalue weighted by molar-refractivity contribution is 5.85. The summed E-state index contributed by atoms with van der Waals surface area (Å²) in [5.41, 5.74) is -0.495. The largest absolute Gasteiger partial charge is 0.480 e. The van der Waals surface area contributed by atoms with Crippen molar-refractivity contribution in [1.29, 1.82) is 0 Å². The molecule has 3 N–H and O–H groups in total. The van der Waals surface area contributed by atoms with Crippen molar-refractivity contribution in [2.75, 3.05) is 32.7 Å². The van der Waals surface area contributed by atoms with E-state index in [1.165, 1.54) is 0 Å². The molecule has 1 saturated heterocycles. The highest BCUT2D eigenvalue weighted by atomic mass is 16.4. The molecular formula is C12H23N3O3. The lowest BCUT2D eigenvalue weighted by molar-refractivity contribution is -0.145. The van der Waals surface area contributed by atoms with E-state index in [0.29, 0.717) is 0 Å². The van der Waals surface area contributed by atoms with Crippen LogP contribution in [-0.4, -0.2) is 60.6 Å². The molecule has 0 aromatic carbocycles. The van der Waals surface area contributed by atoms with Crippen LogP contribution in [0.4, 0.5) is 0 Å². The Hall–Kier alpha value is -1.14. The molecule has 18 heavy (non-hydrogen) atoms. The first kappa shape index (κ1) is 14.9. The Kier molecular flexibility index (Phi) is 5.10. The molecule has 6 nitrogen and oxygen atoms in total. The molecule has 104 valence electrons. The van der Waals surface area contributed by atoms with Crippen molar-refractivity contribution in [1.82, 2.24) is 15.5 Å². The number of carbonyl (C=O) groups excluding carboxylic acids is 1. The Labute approximate surface area is 108 Å². The van der Waals surface area contributed by atoms with Gasteiger partial charge >= 0.3 is 5.97 Å². The van der Waals surface area contributed by atoms with Gasteiger partial charge in [-0.25, -0.2) is 4.79 Å². The standard InChI is InChI=1S/C12H23N3O3/c1-12(2,3)10(11(17)18)14-9(16)8-15-6-4-13-5-7-15/h10,13H,4-8H2,1-3H3,(H,14,16)(H,17,18)/t10-/m0/s1. The number of rotatable bonds is 4. The SMILES string of the molecule is CC(C)(C)[C@@H](NC(=O)CN1CCNCC1)C(=O)O. The molecule has 1 amide bonds. The Bertz CT molecular complexity index is 306. The lowest BCUT2D eigenvalue weighted by atomic mass is 9.87. The molecule has 0 aromatic rings. The van der Waals surface area contributed by atoms with Crippen LogP contribution < -0.4 is 10.6 Å². The number of aliphatic carboxylic acids is 1. The molecule has 1 aliphatic heterocycles. The van der Waals surface area contributed by atoms with Gasteiger partial charge in [0, 0.05) is 26.2 Å². The van der Waals surface area contributed by atoms with Gasteiger partial charge in [-0.1, -0.05) is 20.8 Å². The maximum Gasteiger partial charge on any atom is 0.326 e. The summed E-state index contributed by atoms with van der Waals surface area (Å²) in [6.45, 7) is 9.05. The maximum atomic E-state index is 11.8. The second-order valence-corrected chi connectivity index (χ2v) is 5.73. The zero-order chi connectivity index (χ0) is 13.8. The van der Waals surface area contributed by atoms with E-state index in [1.54, 1.807) is 20.8 Å². The summed E-state index contributed by atoms with van der Waals surface area (Å²) in [6, 6.07) is -0.854. The molecule has 0 bridgehead atoms. The third-order valence-electron chi connectivity index (χ3n) is 3.00. The van der Waals surface area contributed by atoms with Crippen molar-refractivity contribution in [3.8, 4) is 0 Å². The van der Waals surface area contributed by atoms with Crippen molar-refractivity contribution in [3.63, 3.8) is 0 Å². The second kappa shape index (κ2) is 6.15. The number of nitrogens with zero attached hydrogens (tertiary/aromatic N) is 1. The van der Waals surface area contributed by atoms with Crippen LogP contribution in [-0.2, 0) is 9.59 Å². The second-order valence-electron chi connectivity index (χ2n) is 5.73. The summed E-state index contributed by atoms with van der Waals surface area (Å²) >= 11 is 0. The number of carboxylic acid groups (broad SMARTS) is 1. The van der Waals surface area contributed by atoms with Crippen molar-refractivity contribution in [3.05, 3.63) is 0 Å². The number of carboxylic acids is 1. The van der Waals surface area contributed by atoms with Crippen molar-refractivity contribution in [2.45, 2.75) is 26.8 Å². The number of hydrogen-bond acceptors (Lipinski definition) is 4. The van der Waals surface area contributed by atoms with Gasteiger partial charge in [0.25, 0.3) is 0 Å². The normalized spacial score (nSPS) is 19.3. The van der Waals surface area contributed by atoms with Crippen molar-refractivity contribution < 1.29 is 14.7 Å². The smallest absolute Gasteiger partial charge is 0.326 e. The van der Waals surface area contributed by atoms with Gasteiger partial charge in [-0.2, -0.15) is 0 Å². The fourth-order valence-electron chi connectivity index (χ4n) is 1.93. The summed E-state index contributed by atoms with van der Waals surface area (Å²) in [5, 5.41) is 14.9. The molecular weight excluding hydrogens is 234 g/mol. The quantitative estimate of drug-likeness (QED) is 0.633. The van der Waals surface area contributed by atoms with Crippen LogP contribution in [0.1, 0.15) is 20.8 Å². The minimum Gasteiger partial charge on any atom is -0.480 e. The van der Waals surface area contributed by atoms with E-state index in [2.05, 4.69) is 10.6 Å². The van der Waals surface area contributed by atoms with Crippen LogP contribution in [0.3, 0.4) is 0 Å². The average molecular weight is 257 g/mol. The van der Waals surface area contributed by atoms with E-state index < -0.39 is 17.4 Å². The Morgan fingerprint density at radius 1 is 1.33 bits per heavy atom. The van der Waals surface area contributed by atoms with Crippen LogP contribution >= 0.6 is 0 Å². The van der Waals surface area contributed by atoms with E-state index in [4.69, 9.17) is 5.11 Å². The number of amides is 1. The van der Waals surface area contributed by atoms with E-state index in [9.17, 15) is 9.59 Å². The van der Waals surface area contributed by atoms with E-state index in [-0.39, 0.29) is 12.5 Å². The highest BCUT2D eigenvalue weighted by Crippen LogP contribution is 2.19. The van der Waals surface area contributed by atoms with Gasteiger partial charge in [0.15, 0.2) is 0 Å². The predicted octanol–water partition coefficient (Wildman–Crippen LogP) is -0.493. The van der Waals surface area contributed by atoms with E-state index in [1.807, 2.05) is 4.90 Å². The lowest BCUT2D eigenvalue weighted by Gasteiger charge is -2.30. The first-order valence-corrected chi connectivity index (χ1v) is 6.26. The summed E-state index contributed by atoms with van der Waals surface area (Å²) in [6.07, 6.45) is 0. The van der Waals surface area contributed by atoms with Crippen LogP contribution in [0.2, 0.25) is 0 Å². The molecule has 0 aromatic heterocycles. The molecule has 1 heterocycles. The number of hydrogen-bond donors (Lipinski definition) is 3. The lowest BCUT2D eigenvalue weighted by Crippen LogP contribution is -2.53. The number of nitrogens with one attached hydrogen (secondary N) is 2. The van der Waals surface area contributed by atoms with Gasteiger partial charge in [-0.3, -0.25) is 9.69 Å². The average Bonchev–Trinajstić information content (AvgIpc) is 2.25. The third kappa shape index (κ3) is 4.62. The Balaban J connectivity index is 2.48. The van der Waals surface area contributed by atoms with Gasteiger partial charge < -0.3 is 15.7 Å². The molecule has 0 aliphatic carbocycles. The Morgan fingerprint density at radius 3 is 2.33 bits per heavy atom. The zero-order valence-electron chi connectivity index (χ0n) is 11.3. The van der Waals surface area contributed by atoms with Gasteiger partial charge in [0.05, 0.1) is 6.54 Å². The third-order valence-corrected chi connectivity index (χ3v) is 3.00. The summed E-state index contributed by atoms with van der Waals surface area (Å²) in [7, 11) is 0. The molecule has 0 spiro atoms. The highest BCUT2D eigenvalue weighted by Gasteiger charge is 2.32. The van der Waals surface area contributed by atoms with E-state index >= 15 is 0 Å². The minimum atomic E-state index is -0.990. The first-order valence-electron chi connectivity index (χ1n) is 6.26. The van der Waals surface area contributed by atoms with Crippen LogP contribution in [0.25, 0.3) is 0 Å². The predicted molar refractivity (Wildman–Crippen MR) is 68.3 cm³/mol. The molecule has 1 aliphatic rings. The van der Waals surface area contributed by atoms with Crippen molar-refractivity contribution in [2.24, 2.45) is 5.41 Å². The summed E-state index contributed by atoms with van der Waals surface area (Å²) < 4.78 is 0. The van der Waals surface area contributed by atoms with Gasteiger partial charge in [-0.15, -0.1) is 0 Å². The molecule has 1 fully saturated rings. The van der Waals surface area contributed by atoms with Crippen LogP contribution in [0.5, 0.6) is 0 Å². The fourth-order valence-corrected chi connectivity index (χ4v) is 1.93. The summed E-state index contributed by atoms with van der Waals surface area (Å²) in [4.78, 5) is 25.0. The monoisotopic (exact) mass is 257 g/mol. The van der Waals surface area contributed by atoms with Crippen LogP contribution in [0, 0.1) is 5.41 Å². The summed E-state index contributed by atoms with van der Waals surface area (Å²) in [5.74, 6) is -1.21. The molecule has 0 unspecified atom stereocenters.